The quantitative estimate of drug-likeness (QED) is 0.105. The number of nitrogens with zero attached hydrogens (tertiary/aromatic N) is 1. The normalized spacial score (nSPS) is 13.1. The van der Waals surface area contributed by atoms with Gasteiger partial charge in [-0.05, 0) is 36.2 Å². The lowest BCUT2D eigenvalue weighted by Gasteiger charge is -2.23. The zero-order valence-electron chi connectivity index (χ0n) is 25.5. The topological polar surface area (TPSA) is 193 Å². The number of carbonyl (C=O) groups is 4. The molecule has 0 aliphatic rings. The number of nitrogens with one attached hydrogen (secondary N) is 5. The van der Waals surface area contributed by atoms with Gasteiger partial charge in [0.1, 0.15) is 35.1 Å². The third-order valence-electron chi connectivity index (χ3n) is 7.53. The summed E-state index contributed by atoms with van der Waals surface area (Å²) < 4.78 is 10.2. The molecule has 7 N–H and O–H groups in total. The standard InChI is InChI=1S/C32H35N7O6S/c1-17(33)32-39-25(16-46-32)31(43)38-24(11-18-13-34-21-8-5-4-7-20(18)21)30(42)37-23(29(41)36-15-27(40)45-3)12-19-14-35-22-9-6-10-26(44-2)28(19)22/h4-10,13-14,16-17,23-24,34-35H,11-12,15,33H2,1-3H3,(H,36,41)(H,37,42)(H,38,43)/t17-,23+,24+/m1/s1. The molecule has 3 amide bonds. The van der Waals surface area contributed by atoms with Crippen molar-refractivity contribution in [3.05, 3.63) is 82.1 Å². The van der Waals surface area contributed by atoms with Crippen molar-refractivity contribution in [1.82, 2.24) is 30.9 Å². The number of para-hydroxylation sites is 1. The van der Waals surface area contributed by atoms with Gasteiger partial charge in [0.2, 0.25) is 11.8 Å². The first-order chi connectivity index (χ1) is 22.2. The fraction of sp³-hybridized carbons (Fsp3) is 0.281. The van der Waals surface area contributed by atoms with Gasteiger partial charge in [0.25, 0.3) is 5.91 Å². The predicted octanol–water partition coefficient (Wildman–Crippen LogP) is 2.49. The van der Waals surface area contributed by atoms with Crippen molar-refractivity contribution in [1.29, 1.82) is 0 Å². The number of hydrogen-bond acceptors (Lipinski definition) is 9. The van der Waals surface area contributed by atoms with Crippen molar-refractivity contribution < 1.29 is 28.7 Å². The van der Waals surface area contributed by atoms with E-state index in [0.717, 1.165) is 27.4 Å². The summed E-state index contributed by atoms with van der Waals surface area (Å²) in [5.74, 6) is -1.83. The van der Waals surface area contributed by atoms with Crippen molar-refractivity contribution >= 4 is 56.8 Å². The van der Waals surface area contributed by atoms with Gasteiger partial charge in [-0.1, -0.05) is 24.3 Å². The number of esters is 1. The molecular formula is C32H35N7O6S. The minimum atomic E-state index is -1.13. The highest BCUT2D eigenvalue weighted by atomic mass is 32.1. The third-order valence-corrected chi connectivity index (χ3v) is 8.57. The number of H-pyrrole nitrogens is 2. The van der Waals surface area contributed by atoms with Gasteiger partial charge in [-0.3, -0.25) is 19.2 Å². The lowest BCUT2D eigenvalue weighted by atomic mass is 10.0. The molecule has 3 atom stereocenters. The molecule has 0 spiro atoms. The van der Waals surface area contributed by atoms with Crippen LogP contribution in [0.25, 0.3) is 21.8 Å². The number of hydrogen-bond donors (Lipinski definition) is 6. The van der Waals surface area contributed by atoms with Gasteiger partial charge >= 0.3 is 5.97 Å². The molecule has 0 aliphatic heterocycles. The molecule has 3 heterocycles. The Balaban J connectivity index is 1.45. The molecule has 240 valence electrons. The van der Waals surface area contributed by atoms with Gasteiger partial charge in [0.05, 0.1) is 20.3 Å². The summed E-state index contributed by atoms with van der Waals surface area (Å²) >= 11 is 1.25. The first kappa shape index (κ1) is 32.2. The average Bonchev–Trinajstić information content (AvgIpc) is 3.82. The lowest BCUT2D eigenvalue weighted by Crippen LogP contribution is -2.55. The highest BCUT2D eigenvalue weighted by Gasteiger charge is 2.30. The number of ether oxygens (including phenoxy) is 2. The highest BCUT2D eigenvalue weighted by molar-refractivity contribution is 7.09. The Morgan fingerprint density at radius 1 is 0.913 bits per heavy atom. The van der Waals surface area contributed by atoms with Crippen LogP contribution in [0.3, 0.4) is 0 Å². The number of methoxy groups -OCH3 is 2. The number of fused-ring (bicyclic) bond motifs is 2. The van der Waals surface area contributed by atoms with Gasteiger partial charge in [0.15, 0.2) is 0 Å². The number of rotatable bonds is 13. The Labute approximate surface area is 268 Å². The number of aromatic nitrogens is 3. The third kappa shape index (κ3) is 7.19. The SMILES string of the molecule is COC(=O)CNC(=O)[C@H](Cc1c[nH]c2cccc(OC)c12)NC(=O)[C@H](Cc1c[nH]c2ccccc12)NC(=O)c1csc([C@@H](C)N)n1. The maximum atomic E-state index is 14.0. The van der Waals surface area contributed by atoms with Crippen LogP contribution in [-0.2, 0) is 32.0 Å². The maximum absolute atomic E-state index is 14.0. The first-order valence-electron chi connectivity index (χ1n) is 14.5. The number of thiazole rings is 1. The molecule has 0 aliphatic carbocycles. The van der Waals surface area contributed by atoms with Crippen LogP contribution in [0, 0.1) is 0 Å². The van der Waals surface area contributed by atoms with Crippen LogP contribution in [0.4, 0.5) is 0 Å². The second-order valence-electron chi connectivity index (χ2n) is 10.7. The molecule has 0 unspecified atom stereocenters. The molecule has 14 heteroatoms. The summed E-state index contributed by atoms with van der Waals surface area (Å²) in [5.41, 5.74) is 9.22. The van der Waals surface area contributed by atoms with Gasteiger partial charge in [-0.25, -0.2) is 4.98 Å². The molecule has 0 saturated heterocycles. The zero-order chi connectivity index (χ0) is 32.8. The Hall–Kier alpha value is -5.21. The molecule has 13 nitrogen and oxygen atoms in total. The first-order valence-corrected chi connectivity index (χ1v) is 15.4. The van der Waals surface area contributed by atoms with Crippen LogP contribution in [0.2, 0.25) is 0 Å². The Morgan fingerprint density at radius 2 is 1.61 bits per heavy atom. The summed E-state index contributed by atoms with van der Waals surface area (Å²) in [6.07, 6.45) is 3.69. The van der Waals surface area contributed by atoms with E-state index in [1.165, 1.54) is 18.4 Å². The van der Waals surface area contributed by atoms with Crippen LogP contribution in [-0.4, -0.2) is 71.5 Å². The van der Waals surface area contributed by atoms with Crippen molar-refractivity contribution in [2.75, 3.05) is 20.8 Å². The predicted molar refractivity (Wildman–Crippen MR) is 173 cm³/mol. The van der Waals surface area contributed by atoms with Gasteiger partial charge < -0.3 is 41.1 Å². The Morgan fingerprint density at radius 3 is 2.35 bits per heavy atom. The van der Waals surface area contributed by atoms with E-state index in [1.54, 1.807) is 37.9 Å². The molecule has 0 saturated carbocycles. The van der Waals surface area contributed by atoms with E-state index >= 15 is 0 Å². The Bertz CT molecular complexity index is 1880. The zero-order valence-corrected chi connectivity index (χ0v) is 26.3. The average molecular weight is 646 g/mol. The molecule has 5 aromatic rings. The monoisotopic (exact) mass is 645 g/mol. The number of amides is 3. The number of carbonyl (C=O) groups excluding carboxylic acids is 4. The molecule has 0 radical (unpaired) electrons. The van der Waals surface area contributed by atoms with E-state index in [9.17, 15) is 19.2 Å². The van der Waals surface area contributed by atoms with E-state index in [1.807, 2.05) is 36.4 Å². The maximum Gasteiger partial charge on any atom is 0.325 e. The minimum Gasteiger partial charge on any atom is -0.496 e. The van der Waals surface area contributed by atoms with Gasteiger partial charge in [-0.2, -0.15) is 0 Å². The van der Waals surface area contributed by atoms with Crippen LogP contribution >= 0.6 is 11.3 Å². The second-order valence-corrected chi connectivity index (χ2v) is 11.6. The lowest BCUT2D eigenvalue weighted by molar-refractivity contribution is -0.141. The van der Waals surface area contributed by atoms with Gasteiger partial charge in [0, 0.05) is 52.4 Å². The van der Waals surface area contributed by atoms with E-state index in [-0.39, 0.29) is 31.1 Å². The Kier molecular flexibility index (Phi) is 9.98. The molecule has 46 heavy (non-hydrogen) atoms. The van der Waals surface area contributed by atoms with Crippen LogP contribution in [0.15, 0.2) is 60.2 Å². The molecule has 2 aromatic carbocycles. The number of aromatic amines is 2. The summed E-state index contributed by atoms with van der Waals surface area (Å²) in [6, 6.07) is 10.5. The fourth-order valence-electron chi connectivity index (χ4n) is 5.17. The second kappa shape index (κ2) is 14.3. The van der Waals surface area contributed by atoms with Crippen molar-refractivity contribution in [2.24, 2.45) is 5.73 Å². The molecular weight excluding hydrogens is 610 g/mol. The van der Waals surface area contributed by atoms with Crippen LogP contribution in [0.5, 0.6) is 5.75 Å². The fourth-order valence-corrected chi connectivity index (χ4v) is 5.93. The summed E-state index contributed by atoms with van der Waals surface area (Å²) in [5, 5.41) is 12.0. The summed E-state index contributed by atoms with van der Waals surface area (Å²) in [4.78, 5) is 63.3. The van der Waals surface area contributed by atoms with Crippen LogP contribution < -0.4 is 26.4 Å². The van der Waals surface area contributed by atoms with E-state index in [2.05, 4.69) is 35.6 Å². The summed E-state index contributed by atoms with van der Waals surface area (Å²) in [7, 11) is 2.76. The number of benzene rings is 2. The smallest absolute Gasteiger partial charge is 0.325 e. The van der Waals surface area contributed by atoms with Crippen molar-refractivity contribution in [3.8, 4) is 5.75 Å². The van der Waals surface area contributed by atoms with Crippen molar-refractivity contribution in [3.63, 3.8) is 0 Å². The molecule has 3 aromatic heterocycles. The van der Waals surface area contributed by atoms with Gasteiger partial charge in [-0.15, -0.1) is 11.3 Å². The summed E-state index contributed by atoms with van der Waals surface area (Å²) in [6.45, 7) is 1.38. The highest BCUT2D eigenvalue weighted by Crippen LogP contribution is 2.29. The van der Waals surface area contributed by atoms with E-state index in [4.69, 9.17) is 10.5 Å². The van der Waals surface area contributed by atoms with Crippen LogP contribution in [0.1, 0.15) is 39.6 Å². The molecule has 0 fully saturated rings. The van der Waals surface area contributed by atoms with E-state index in [0.29, 0.717) is 16.3 Å². The van der Waals surface area contributed by atoms with Crippen molar-refractivity contribution in [2.45, 2.75) is 37.9 Å². The molecule has 0 bridgehead atoms. The molecule has 5 rings (SSSR count). The minimum absolute atomic E-state index is 0.0523. The number of nitrogens with two attached hydrogens (primary N) is 1. The van der Waals surface area contributed by atoms with E-state index < -0.39 is 35.8 Å². The largest absolute Gasteiger partial charge is 0.496 e.